The van der Waals surface area contributed by atoms with Crippen LogP contribution in [0.4, 0.5) is 0 Å². The van der Waals surface area contributed by atoms with Crippen LogP contribution in [0.5, 0.6) is 5.75 Å². The molecule has 3 aromatic rings. The second-order valence-corrected chi connectivity index (χ2v) is 10.3. The van der Waals surface area contributed by atoms with E-state index in [4.69, 9.17) is 4.74 Å². The summed E-state index contributed by atoms with van der Waals surface area (Å²) in [7, 11) is 0. The number of hydrogen-bond acceptors (Lipinski definition) is 2. The van der Waals surface area contributed by atoms with Gasteiger partial charge in [0, 0.05) is 0 Å². The molecular formula is C31H32O3. The second kappa shape index (κ2) is 9.13. The van der Waals surface area contributed by atoms with Crippen molar-refractivity contribution in [3.63, 3.8) is 0 Å². The number of aliphatic carboxylic acids is 1. The predicted octanol–water partition coefficient (Wildman–Crippen LogP) is 7.64. The minimum atomic E-state index is -0.737. The Labute approximate surface area is 202 Å². The predicted molar refractivity (Wildman–Crippen MR) is 137 cm³/mol. The van der Waals surface area contributed by atoms with Crippen LogP contribution < -0.4 is 4.74 Å². The van der Waals surface area contributed by atoms with Crippen molar-refractivity contribution in [2.45, 2.75) is 58.5 Å². The number of carboxylic acid groups (broad SMARTS) is 1. The van der Waals surface area contributed by atoms with Gasteiger partial charge in [-0.25, -0.2) is 0 Å². The van der Waals surface area contributed by atoms with E-state index in [1.165, 1.54) is 34.2 Å². The first-order chi connectivity index (χ1) is 16.4. The van der Waals surface area contributed by atoms with Gasteiger partial charge in [-0.3, -0.25) is 4.79 Å². The quantitative estimate of drug-likeness (QED) is 0.401. The van der Waals surface area contributed by atoms with Gasteiger partial charge in [0.25, 0.3) is 0 Å². The molecule has 0 aromatic heterocycles. The van der Waals surface area contributed by atoms with Crippen LogP contribution in [-0.4, -0.2) is 11.1 Å². The zero-order chi connectivity index (χ0) is 23.7. The number of ether oxygens (including phenoxy) is 1. The average Bonchev–Trinajstić information content (AvgIpc) is 3.39. The lowest BCUT2D eigenvalue weighted by atomic mass is 9.79. The van der Waals surface area contributed by atoms with Gasteiger partial charge < -0.3 is 9.84 Å². The number of allylic oxidation sites excluding steroid dienone is 2. The van der Waals surface area contributed by atoms with Crippen molar-refractivity contribution in [2.24, 2.45) is 5.41 Å². The first kappa shape index (κ1) is 22.5. The van der Waals surface area contributed by atoms with Crippen LogP contribution in [0.1, 0.15) is 67.7 Å². The highest BCUT2D eigenvalue weighted by Crippen LogP contribution is 2.47. The Morgan fingerprint density at radius 1 is 1.03 bits per heavy atom. The van der Waals surface area contributed by atoms with Crippen molar-refractivity contribution in [3.8, 4) is 16.9 Å². The highest BCUT2D eigenvalue weighted by Gasteiger charge is 2.30. The normalized spacial score (nSPS) is 18.4. The molecule has 0 aliphatic heterocycles. The van der Waals surface area contributed by atoms with Crippen molar-refractivity contribution in [2.75, 3.05) is 0 Å². The first-order valence-electron chi connectivity index (χ1n) is 12.3. The molecule has 1 N–H and O–H groups in total. The van der Waals surface area contributed by atoms with Crippen LogP contribution in [0.3, 0.4) is 0 Å². The Balaban J connectivity index is 1.41. The van der Waals surface area contributed by atoms with Crippen LogP contribution in [0, 0.1) is 5.41 Å². The molecule has 2 aliphatic carbocycles. The summed E-state index contributed by atoms with van der Waals surface area (Å²) in [4.78, 5) is 11.2. The zero-order valence-corrected chi connectivity index (χ0v) is 20.0. The Morgan fingerprint density at radius 2 is 1.85 bits per heavy atom. The molecule has 2 aliphatic rings. The van der Waals surface area contributed by atoms with E-state index in [0.29, 0.717) is 6.61 Å². The molecule has 174 valence electrons. The molecule has 0 fully saturated rings. The molecule has 0 saturated carbocycles. The van der Waals surface area contributed by atoms with Crippen molar-refractivity contribution in [1.29, 1.82) is 0 Å². The largest absolute Gasteiger partial charge is 0.489 e. The lowest BCUT2D eigenvalue weighted by Crippen LogP contribution is -2.10. The fraction of sp³-hybridized carbons (Fsp3) is 0.323. The highest BCUT2D eigenvalue weighted by atomic mass is 16.5. The van der Waals surface area contributed by atoms with E-state index < -0.39 is 5.97 Å². The number of benzene rings is 3. The number of hydrogen-bond donors (Lipinski definition) is 1. The molecule has 0 spiro atoms. The minimum absolute atomic E-state index is 0.0874. The van der Waals surface area contributed by atoms with E-state index >= 15 is 0 Å². The summed E-state index contributed by atoms with van der Waals surface area (Å²) in [6.07, 6.45) is 6.72. The maximum atomic E-state index is 11.2. The van der Waals surface area contributed by atoms with Gasteiger partial charge in [0.2, 0.25) is 0 Å². The molecule has 3 aromatic carbocycles. The van der Waals surface area contributed by atoms with E-state index in [1.54, 1.807) is 0 Å². The van der Waals surface area contributed by atoms with Gasteiger partial charge in [-0.05, 0) is 94.2 Å². The molecule has 34 heavy (non-hydrogen) atoms. The summed E-state index contributed by atoms with van der Waals surface area (Å²) in [6.45, 7) is 5.15. The maximum absolute atomic E-state index is 11.2. The summed E-state index contributed by atoms with van der Waals surface area (Å²) in [5.41, 5.74) is 8.90. The molecule has 0 amide bonds. The van der Waals surface area contributed by atoms with E-state index in [1.807, 2.05) is 6.07 Å². The fourth-order valence-corrected chi connectivity index (χ4v) is 5.58. The summed E-state index contributed by atoms with van der Waals surface area (Å²) in [5, 5.41) is 9.24. The third-order valence-electron chi connectivity index (χ3n) is 7.45. The molecular weight excluding hydrogens is 420 g/mol. The molecule has 0 saturated heterocycles. The Bertz CT molecular complexity index is 1240. The lowest BCUT2D eigenvalue weighted by Gasteiger charge is -2.25. The molecule has 5 rings (SSSR count). The number of rotatable bonds is 7. The Morgan fingerprint density at radius 3 is 2.59 bits per heavy atom. The monoisotopic (exact) mass is 452 g/mol. The lowest BCUT2D eigenvalue weighted by molar-refractivity contribution is -0.137. The highest BCUT2D eigenvalue weighted by molar-refractivity contribution is 5.84. The van der Waals surface area contributed by atoms with Crippen LogP contribution >= 0.6 is 0 Å². The topological polar surface area (TPSA) is 46.5 Å². The SMILES string of the molecule is CC1(C)CCC=C1c1cc(COc2ccc3c(c2)[C@@H](CC(=O)O)CC3)ccc1-c1ccccc1. The zero-order valence-electron chi connectivity index (χ0n) is 20.0. The third-order valence-corrected chi connectivity index (χ3v) is 7.45. The summed E-state index contributed by atoms with van der Waals surface area (Å²) >= 11 is 0. The number of aryl methyl sites for hydroxylation is 1. The van der Waals surface area contributed by atoms with Crippen molar-refractivity contribution in [3.05, 3.63) is 95.1 Å². The van der Waals surface area contributed by atoms with Gasteiger partial charge in [0.05, 0.1) is 6.42 Å². The van der Waals surface area contributed by atoms with Crippen LogP contribution in [0.15, 0.2) is 72.8 Å². The van der Waals surface area contributed by atoms with Gasteiger partial charge in [-0.2, -0.15) is 0 Å². The van der Waals surface area contributed by atoms with Crippen molar-refractivity contribution >= 4 is 11.5 Å². The molecule has 3 heteroatoms. The molecule has 0 heterocycles. The Kier molecular flexibility index (Phi) is 6.03. The summed E-state index contributed by atoms with van der Waals surface area (Å²) < 4.78 is 6.22. The Hall–Kier alpha value is -3.33. The van der Waals surface area contributed by atoms with Gasteiger partial charge in [0.15, 0.2) is 0 Å². The van der Waals surface area contributed by atoms with Crippen LogP contribution in [0.25, 0.3) is 16.7 Å². The van der Waals surface area contributed by atoms with E-state index in [-0.39, 0.29) is 17.8 Å². The molecule has 0 bridgehead atoms. The van der Waals surface area contributed by atoms with Crippen LogP contribution in [-0.2, 0) is 17.8 Å². The van der Waals surface area contributed by atoms with Crippen molar-refractivity contribution < 1.29 is 14.6 Å². The van der Waals surface area contributed by atoms with Gasteiger partial charge in [0.1, 0.15) is 12.4 Å². The molecule has 0 unspecified atom stereocenters. The number of carboxylic acids is 1. The maximum Gasteiger partial charge on any atom is 0.303 e. The molecule has 3 nitrogen and oxygen atoms in total. The first-order valence-corrected chi connectivity index (χ1v) is 12.3. The van der Waals surface area contributed by atoms with E-state index in [0.717, 1.165) is 36.1 Å². The van der Waals surface area contributed by atoms with Crippen molar-refractivity contribution in [1.82, 2.24) is 0 Å². The smallest absolute Gasteiger partial charge is 0.303 e. The van der Waals surface area contributed by atoms with E-state index in [2.05, 4.69) is 80.6 Å². The summed E-state index contributed by atoms with van der Waals surface area (Å²) in [5.74, 6) is 0.161. The standard InChI is InChI=1S/C31H32O3/c1-31(2)16-6-9-29(31)28-17-21(10-15-26(28)22-7-4-3-5-8-22)20-34-25-14-13-23-11-12-24(18-30(32)33)27(23)19-25/h3-5,7-10,13-15,17,19,24H,6,11-12,16,18,20H2,1-2H3,(H,32,33)/t24-/m1/s1. The summed E-state index contributed by atoms with van der Waals surface area (Å²) in [6, 6.07) is 23.4. The second-order valence-electron chi connectivity index (χ2n) is 10.3. The molecule has 1 atom stereocenters. The molecule has 0 radical (unpaired) electrons. The van der Waals surface area contributed by atoms with Gasteiger partial charge >= 0.3 is 5.97 Å². The van der Waals surface area contributed by atoms with E-state index in [9.17, 15) is 9.90 Å². The fourth-order valence-electron chi connectivity index (χ4n) is 5.58. The van der Waals surface area contributed by atoms with Crippen LogP contribution in [0.2, 0.25) is 0 Å². The van der Waals surface area contributed by atoms with Gasteiger partial charge in [-0.1, -0.05) is 68.5 Å². The number of carbonyl (C=O) groups is 1. The minimum Gasteiger partial charge on any atom is -0.489 e. The van der Waals surface area contributed by atoms with Gasteiger partial charge in [-0.15, -0.1) is 0 Å². The third kappa shape index (κ3) is 4.52. The average molecular weight is 453 g/mol. The number of fused-ring (bicyclic) bond motifs is 1.